The Balaban J connectivity index is 3.27. The fraction of sp³-hybridized carbons (Fsp3) is 0.333. The summed E-state index contributed by atoms with van der Waals surface area (Å²) in [6.45, 7) is 5.45. The van der Waals surface area contributed by atoms with Crippen LogP contribution in [0.15, 0.2) is 34.9 Å². The van der Waals surface area contributed by atoms with Crippen molar-refractivity contribution in [3.63, 3.8) is 0 Å². The number of nitriles is 2. The van der Waals surface area contributed by atoms with Crippen molar-refractivity contribution in [2.45, 2.75) is 25.9 Å². The Morgan fingerprint density at radius 1 is 1.60 bits per heavy atom. The second kappa shape index (κ2) is 4.59. The molecule has 76 valence electrons. The molecule has 0 bridgehead atoms. The van der Waals surface area contributed by atoms with Gasteiger partial charge in [0, 0.05) is 6.42 Å². The Labute approximate surface area is 89.3 Å². The van der Waals surface area contributed by atoms with E-state index in [-0.39, 0.29) is 5.57 Å². The van der Waals surface area contributed by atoms with Crippen LogP contribution in [0, 0.1) is 22.7 Å². The average molecular weight is 200 g/mol. The highest BCUT2D eigenvalue weighted by molar-refractivity contribution is 5.54. The maximum absolute atomic E-state index is 9.66. The van der Waals surface area contributed by atoms with E-state index in [1.54, 1.807) is 6.08 Å². The molecule has 1 N–H and O–H groups in total. The summed E-state index contributed by atoms with van der Waals surface area (Å²) in [4.78, 5) is 0. The predicted octanol–water partition coefficient (Wildman–Crippen LogP) is 1.99. The largest absolute Gasteiger partial charge is 0.388 e. The van der Waals surface area contributed by atoms with Crippen LogP contribution in [0.5, 0.6) is 0 Å². The van der Waals surface area contributed by atoms with Gasteiger partial charge >= 0.3 is 0 Å². The van der Waals surface area contributed by atoms with Crippen LogP contribution in [-0.4, -0.2) is 11.2 Å². The van der Waals surface area contributed by atoms with Crippen LogP contribution in [0.4, 0.5) is 0 Å². The Bertz CT molecular complexity index is 414. The molecule has 1 aliphatic carbocycles. The molecule has 3 nitrogen and oxygen atoms in total. The van der Waals surface area contributed by atoms with Gasteiger partial charge in [0.05, 0.1) is 6.10 Å². The van der Waals surface area contributed by atoms with E-state index in [2.05, 4.69) is 6.58 Å². The lowest BCUT2D eigenvalue weighted by molar-refractivity contribution is 0.219. The smallest absolute Gasteiger partial charge is 0.133 e. The molecule has 1 rings (SSSR count). The molecule has 1 atom stereocenters. The summed E-state index contributed by atoms with van der Waals surface area (Å²) in [5.41, 5.74) is 2.50. The van der Waals surface area contributed by atoms with Gasteiger partial charge in [-0.05, 0) is 30.1 Å². The summed E-state index contributed by atoms with van der Waals surface area (Å²) < 4.78 is 0. The summed E-state index contributed by atoms with van der Waals surface area (Å²) in [7, 11) is 0. The van der Waals surface area contributed by atoms with Crippen molar-refractivity contribution in [2.75, 3.05) is 0 Å². The first-order valence-corrected chi connectivity index (χ1v) is 4.68. The monoisotopic (exact) mass is 200 g/mol. The Kier molecular flexibility index (Phi) is 3.44. The van der Waals surface area contributed by atoms with Crippen LogP contribution < -0.4 is 0 Å². The highest BCUT2D eigenvalue weighted by Crippen LogP contribution is 2.35. The van der Waals surface area contributed by atoms with Gasteiger partial charge in [-0.15, -0.1) is 6.58 Å². The number of hydrogen-bond donors (Lipinski definition) is 1. The summed E-state index contributed by atoms with van der Waals surface area (Å²) in [6.07, 6.45) is 2.10. The molecule has 0 saturated heterocycles. The van der Waals surface area contributed by atoms with Crippen LogP contribution in [0.1, 0.15) is 19.8 Å². The fourth-order valence-electron chi connectivity index (χ4n) is 1.75. The first-order valence-electron chi connectivity index (χ1n) is 4.68. The molecule has 3 heteroatoms. The van der Waals surface area contributed by atoms with Crippen LogP contribution in [-0.2, 0) is 0 Å². The van der Waals surface area contributed by atoms with Crippen molar-refractivity contribution in [2.24, 2.45) is 0 Å². The van der Waals surface area contributed by atoms with Crippen molar-refractivity contribution >= 4 is 0 Å². The molecular weight excluding hydrogens is 188 g/mol. The third-order valence-electron chi connectivity index (χ3n) is 2.61. The van der Waals surface area contributed by atoms with Crippen molar-refractivity contribution in [1.29, 1.82) is 10.5 Å². The van der Waals surface area contributed by atoms with Gasteiger partial charge in [-0.25, -0.2) is 0 Å². The molecule has 0 aliphatic heterocycles. The number of allylic oxidation sites excluding steroid dienone is 3. The molecule has 0 aromatic carbocycles. The first kappa shape index (κ1) is 11.2. The van der Waals surface area contributed by atoms with Gasteiger partial charge in [0.1, 0.15) is 17.7 Å². The minimum atomic E-state index is -0.563. The molecule has 0 aromatic rings. The van der Waals surface area contributed by atoms with Gasteiger partial charge in [0.15, 0.2) is 0 Å². The summed E-state index contributed by atoms with van der Waals surface area (Å²) in [5.74, 6) is 0. The highest BCUT2D eigenvalue weighted by atomic mass is 16.3. The fourth-order valence-corrected chi connectivity index (χ4v) is 1.75. The van der Waals surface area contributed by atoms with Gasteiger partial charge in [-0.2, -0.15) is 10.5 Å². The van der Waals surface area contributed by atoms with E-state index in [0.717, 1.165) is 11.1 Å². The van der Waals surface area contributed by atoms with Gasteiger partial charge in [-0.3, -0.25) is 0 Å². The molecule has 15 heavy (non-hydrogen) atoms. The molecular formula is C12H12N2O. The zero-order chi connectivity index (χ0) is 11.4. The summed E-state index contributed by atoms with van der Waals surface area (Å²) >= 11 is 0. The minimum absolute atomic E-state index is 0.0998. The number of rotatable bonds is 2. The normalized spacial score (nSPS) is 19.7. The second-order valence-electron chi connectivity index (χ2n) is 3.45. The lowest BCUT2D eigenvalue weighted by Gasteiger charge is -2.02. The van der Waals surface area contributed by atoms with Crippen LogP contribution >= 0.6 is 0 Å². The van der Waals surface area contributed by atoms with Crippen LogP contribution in [0.3, 0.4) is 0 Å². The number of aliphatic hydroxyl groups excluding tert-OH is 1. The standard InChI is InChI=1S/C12H12N2O/c1-3-4-10-8(2)12(15)5-11(10)9(6-13)7-14/h3,12,15H,1,4-5H2,2H3/t12-/m0/s1. The van der Waals surface area contributed by atoms with Crippen molar-refractivity contribution in [3.05, 3.63) is 34.9 Å². The molecule has 0 unspecified atom stereocenters. The van der Waals surface area contributed by atoms with E-state index >= 15 is 0 Å². The summed E-state index contributed by atoms with van der Waals surface area (Å²) in [6, 6.07) is 3.72. The molecule has 0 spiro atoms. The van der Waals surface area contributed by atoms with Gasteiger partial charge in [-0.1, -0.05) is 6.08 Å². The minimum Gasteiger partial charge on any atom is -0.388 e. The third-order valence-corrected chi connectivity index (χ3v) is 2.61. The maximum Gasteiger partial charge on any atom is 0.133 e. The third kappa shape index (κ3) is 1.98. The van der Waals surface area contributed by atoms with Crippen LogP contribution in [0.25, 0.3) is 0 Å². The van der Waals surface area contributed by atoms with E-state index in [9.17, 15) is 5.11 Å². The molecule has 0 radical (unpaired) electrons. The summed E-state index contributed by atoms with van der Waals surface area (Å²) in [5, 5.41) is 27.2. The Morgan fingerprint density at radius 2 is 2.20 bits per heavy atom. The van der Waals surface area contributed by atoms with E-state index in [4.69, 9.17) is 10.5 Å². The second-order valence-corrected chi connectivity index (χ2v) is 3.45. The first-order chi connectivity index (χ1) is 7.15. The predicted molar refractivity (Wildman–Crippen MR) is 56.4 cm³/mol. The molecule has 0 heterocycles. The number of hydrogen-bond acceptors (Lipinski definition) is 3. The van der Waals surface area contributed by atoms with E-state index < -0.39 is 6.10 Å². The average Bonchev–Trinajstić information content (AvgIpc) is 2.49. The quantitative estimate of drug-likeness (QED) is 0.547. The van der Waals surface area contributed by atoms with Crippen molar-refractivity contribution < 1.29 is 5.11 Å². The van der Waals surface area contributed by atoms with Gasteiger partial charge < -0.3 is 5.11 Å². The molecule has 0 amide bonds. The van der Waals surface area contributed by atoms with E-state index in [0.29, 0.717) is 18.4 Å². The number of nitrogens with zero attached hydrogens (tertiary/aromatic N) is 2. The number of aliphatic hydroxyl groups is 1. The maximum atomic E-state index is 9.66. The lowest BCUT2D eigenvalue weighted by Crippen LogP contribution is -2.01. The lowest BCUT2D eigenvalue weighted by atomic mass is 10.00. The van der Waals surface area contributed by atoms with Crippen LogP contribution in [0.2, 0.25) is 0 Å². The molecule has 1 aliphatic rings. The Hall–Kier alpha value is -1.84. The van der Waals surface area contributed by atoms with E-state index in [1.165, 1.54) is 0 Å². The van der Waals surface area contributed by atoms with E-state index in [1.807, 2.05) is 19.1 Å². The van der Waals surface area contributed by atoms with Crippen molar-refractivity contribution in [1.82, 2.24) is 0 Å². The molecule has 0 fully saturated rings. The Morgan fingerprint density at radius 3 is 2.67 bits per heavy atom. The zero-order valence-corrected chi connectivity index (χ0v) is 8.62. The zero-order valence-electron chi connectivity index (χ0n) is 8.62. The van der Waals surface area contributed by atoms with Gasteiger partial charge in [0.2, 0.25) is 0 Å². The highest BCUT2D eigenvalue weighted by Gasteiger charge is 2.26. The molecule has 0 aromatic heterocycles. The topological polar surface area (TPSA) is 67.8 Å². The SMILES string of the molecule is C=CCC1=C(C)[C@@H](O)CC1=C(C#N)C#N. The van der Waals surface area contributed by atoms with Crippen molar-refractivity contribution in [3.8, 4) is 12.1 Å². The van der Waals surface area contributed by atoms with Gasteiger partial charge in [0.25, 0.3) is 0 Å². The molecule has 0 saturated carbocycles.